The molecule has 0 unspecified atom stereocenters. The number of nitrogens with zero attached hydrogens (tertiary/aromatic N) is 2. The van der Waals surface area contributed by atoms with Crippen molar-refractivity contribution in [3.05, 3.63) is 217 Å². The molecule has 0 aliphatic heterocycles. The number of aromatic nitrogens is 1. The van der Waals surface area contributed by atoms with E-state index in [2.05, 4.69) is 231 Å². The Kier molecular flexibility index (Phi) is 8.56. The van der Waals surface area contributed by atoms with E-state index in [1.807, 2.05) is 0 Å². The summed E-state index contributed by atoms with van der Waals surface area (Å²) in [6.07, 6.45) is 7.14. The summed E-state index contributed by atoms with van der Waals surface area (Å²) in [6, 6.07) is 69.1. The molecule has 0 amide bonds. The molecule has 0 saturated carbocycles. The molecule has 0 N–H and O–H groups in total. The van der Waals surface area contributed by atoms with E-state index in [4.69, 9.17) is 0 Å². The average Bonchev–Trinajstić information content (AvgIpc) is 3.74. The maximum Gasteiger partial charge on any atom is 0.0568 e. The Morgan fingerprint density at radius 2 is 1.03 bits per heavy atom. The van der Waals surface area contributed by atoms with Gasteiger partial charge in [0.25, 0.3) is 0 Å². The lowest BCUT2D eigenvalue weighted by molar-refractivity contribution is 0.654. The molecule has 11 rings (SSSR count). The molecule has 0 saturated heterocycles. The van der Waals surface area contributed by atoms with Crippen LogP contribution in [0.25, 0.3) is 71.9 Å². The van der Waals surface area contributed by atoms with Crippen LogP contribution in [0, 0.1) is 0 Å². The zero-order valence-electron chi connectivity index (χ0n) is 34.4. The normalized spacial score (nSPS) is 14.1. The van der Waals surface area contributed by atoms with Gasteiger partial charge < -0.3 is 9.47 Å². The third-order valence-corrected chi connectivity index (χ3v) is 13.0. The molecule has 1 aromatic heterocycles. The number of benzene rings is 8. The van der Waals surface area contributed by atoms with Gasteiger partial charge in [-0.25, -0.2) is 0 Å². The van der Waals surface area contributed by atoms with Gasteiger partial charge in [-0.05, 0) is 128 Å². The molecule has 288 valence electrons. The van der Waals surface area contributed by atoms with Crippen molar-refractivity contribution in [2.24, 2.45) is 7.05 Å². The fraction of sp³-hybridized carbons (Fsp3) is 0.103. The summed E-state index contributed by atoms with van der Waals surface area (Å²) in [5.74, 6) is 0. The van der Waals surface area contributed by atoms with Crippen LogP contribution in [0.5, 0.6) is 0 Å². The van der Waals surface area contributed by atoms with Gasteiger partial charge in [-0.3, -0.25) is 0 Å². The second kappa shape index (κ2) is 14.3. The van der Waals surface area contributed by atoms with Crippen molar-refractivity contribution in [1.29, 1.82) is 0 Å². The fourth-order valence-electron chi connectivity index (χ4n) is 10.0. The van der Waals surface area contributed by atoms with Gasteiger partial charge >= 0.3 is 0 Å². The van der Waals surface area contributed by atoms with Gasteiger partial charge in [0.1, 0.15) is 0 Å². The molecule has 9 aromatic rings. The van der Waals surface area contributed by atoms with Crippen molar-refractivity contribution in [1.82, 2.24) is 4.57 Å². The van der Waals surface area contributed by atoms with Crippen LogP contribution in [-0.4, -0.2) is 4.57 Å². The molecular formula is C58H46N2. The number of allylic oxidation sites excluding steroid dienone is 4. The summed E-state index contributed by atoms with van der Waals surface area (Å²) in [7, 11) is 2.20. The van der Waals surface area contributed by atoms with Gasteiger partial charge in [0.05, 0.1) is 5.69 Å². The van der Waals surface area contributed by atoms with Gasteiger partial charge in [0.15, 0.2) is 0 Å². The minimum absolute atomic E-state index is 0.0450. The van der Waals surface area contributed by atoms with E-state index < -0.39 is 0 Å². The first-order valence-corrected chi connectivity index (χ1v) is 21.2. The molecule has 8 aromatic carbocycles. The molecular weight excluding hydrogens is 725 g/mol. The molecule has 2 aliphatic rings. The molecule has 1 heterocycles. The maximum absolute atomic E-state index is 2.47. The van der Waals surface area contributed by atoms with Gasteiger partial charge in [-0.2, -0.15) is 0 Å². The molecule has 0 fully saturated rings. The second-order valence-corrected chi connectivity index (χ2v) is 16.9. The van der Waals surface area contributed by atoms with E-state index in [0.717, 1.165) is 24.2 Å². The van der Waals surface area contributed by atoms with Crippen molar-refractivity contribution in [2.75, 3.05) is 4.90 Å². The summed E-state index contributed by atoms with van der Waals surface area (Å²) in [6.45, 7) is 4.77. The van der Waals surface area contributed by atoms with E-state index in [-0.39, 0.29) is 5.41 Å². The smallest absolute Gasteiger partial charge is 0.0568 e. The summed E-state index contributed by atoms with van der Waals surface area (Å²) >= 11 is 0. The van der Waals surface area contributed by atoms with Crippen molar-refractivity contribution < 1.29 is 0 Å². The number of aryl methyl sites for hydroxylation is 1. The summed E-state index contributed by atoms with van der Waals surface area (Å²) in [5.41, 5.74) is 20.1. The topological polar surface area (TPSA) is 8.17 Å². The highest BCUT2D eigenvalue weighted by Crippen LogP contribution is 2.53. The molecule has 0 bridgehead atoms. The van der Waals surface area contributed by atoms with Crippen LogP contribution in [0.15, 0.2) is 206 Å². The van der Waals surface area contributed by atoms with Crippen LogP contribution < -0.4 is 4.90 Å². The number of fused-ring (bicyclic) bond motifs is 6. The first kappa shape index (κ1) is 36.0. The highest BCUT2D eigenvalue weighted by atomic mass is 15.1. The largest absolute Gasteiger partial charge is 0.343 e. The van der Waals surface area contributed by atoms with Crippen LogP contribution in [-0.2, 0) is 12.5 Å². The van der Waals surface area contributed by atoms with E-state index >= 15 is 0 Å². The molecule has 2 nitrogen and oxygen atoms in total. The first-order valence-electron chi connectivity index (χ1n) is 21.2. The van der Waals surface area contributed by atoms with Gasteiger partial charge in [-0.1, -0.05) is 166 Å². The highest BCUT2D eigenvalue weighted by Gasteiger charge is 2.39. The zero-order chi connectivity index (χ0) is 40.4. The van der Waals surface area contributed by atoms with Crippen LogP contribution in [0.4, 0.5) is 17.1 Å². The van der Waals surface area contributed by atoms with Gasteiger partial charge in [0.2, 0.25) is 0 Å². The number of anilines is 3. The van der Waals surface area contributed by atoms with Gasteiger partial charge in [-0.15, -0.1) is 0 Å². The Labute approximate surface area is 353 Å². The highest BCUT2D eigenvalue weighted by molar-refractivity contribution is 6.18. The van der Waals surface area contributed by atoms with Crippen LogP contribution in [0.3, 0.4) is 0 Å². The minimum atomic E-state index is -0.0450. The van der Waals surface area contributed by atoms with Crippen molar-refractivity contribution in [2.45, 2.75) is 32.1 Å². The van der Waals surface area contributed by atoms with Crippen LogP contribution >= 0.6 is 0 Å². The lowest BCUT2D eigenvalue weighted by Crippen LogP contribution is -2.17. The molecule has 2 heteroatoms. The number of hydrogen-bond donors (Lipinski definition) is 0. The Morgan fingerprint density at radius 1 is 0.483 bits per heavy atom. The Bertz CT molecular complexity index is 3130. The van der Waals surface area contributed by atoms with E-state index in [0.29, 0.717) is 0 Å². The average molecular weight is 771 g/mol. The Balaban J connectivity index is 1.00. The predicted molar refractivity (Wildman–Crippen MR) is 255 cm³/mol. The van der Waals surface area contributed by atoms with Crippen molar-refractivity contribution in [3.8, 4) is 44.6 Å². The molecule has 0 radical (unpaired) electrons. The zero-order valence-corrected chi connectivity index (χ0v) is 34.4. The van der Waals surface area contributed by atoms with E-state index in [9.17, 15) is 0 Å². The quantitative estimate of drug-likeness (QED) is 0.157. The molecule has 0 atom stereocenters. The standard InChI is InChI=1S/C58H46N2/c1-58(2)52-22-14-13-21-50(52)51-35-33-48(38-53(51)58)60(46-29-23-40(24-30-46)39-15-7-4-8-16-39)47-31-25-41(26-32-47)44-27-34-49-45(37-44)28-36-54-56(49)55(42-17-9-5-10-18-42)57(59(54)3)43-19-11-6-12-20-43/h4-12,15-38H,13-14H2,1-3H3. The molecule has 2 aliphatic carbocycles. The number of hydrogen-bond acceptors (Lipinski definition) is 1. The second-order valence-electron chi connectivity index (χ2n) is 16.9. The van der Waals surface area contributed by atoms with Crippen LogP contribution in [0.2, 0.25) is 0 Å². The van der Waals surface area contributed by atoms with Crippen molar-refractivity contribution in [3.63, 3.8) is 0 Å². The first-order chi connectivity index (χ1) is 29.4. The third-order valence-electron chi connectivity index (χ3n) is 13.0. The summed E-state index contributed by atoms with van der Waals surface area (Å²) in [5, 5.41) is 3.79. The van der Waals surface area contributed by atoms with E-state index in [1.165, 1.54) is 94.3 Å². The SMILES string of the molecule is Cn1c(-c2ccccc2)c(-c2ccccc2)c2c3ccc(-c4ccc(N(c5ccc(-c6ccccc6)cc5)c5ccc6c(c5)C(C)(C)C5=CCCC=C56)cc4)cc3ccc21. The van der Waals surface area contributed by atoms with Gasteiger partial charge in [0, 0.05) is 46.0 Å². The van der Waals surface area contributed by atoms with Crippen LogP contribution in [0.1, 0.15) is 37.8 Å². The summed E-state index contributed by atoms with van der Waals surface area (Å²) in [4.78, 5) is 2.42. The summed E-state index contributed by atoms with van der Waals surface area (Å²) < 4.78 is 2.36. The molecule has 0 spiro atoms. The monoisotopic (exact) mass is 770 g/mol. The lowest BCUT2D eigenvalue weighted by Gasteiger charge is -2.28. The van der Waals surface area contributed by atoms with E-state index in [1.54, 1.807) is 0 Å². The predicted octanol–water partition coefficient (Wildman–Crippen LogP) is 15.9. The Morgan fingerprint density at radius 3 is 1.70 bits per heavy atom. The maximum atomic E-state index is 2.47. The lowest BCUT2D eigenvalue weighted by atomic mass is 9.80. The Hall–Kier alpha value is -7.16. The molecule has 60 heavy (non-hydrogen) atoms. The number of rotatable bonds is 7. The van der Waals surface area contributed by atoms with Crippen molar-refractivity contribution >= 4 is 44.3 Å². The minimum Gasteiger partial charge on any atom is -0.343 e. The fourth-order valence-corrected chi connectivity index (χ4v) is 10.0. The third kappa shape index (κ3) is 5.86.